The highest BCUT2D eigenvalue weighted by molar-refractivity contribution is 4.61. The highest BCUT2D eigenvalue weighted by atomic mass is 14.2. The first-order valence-electron chi connectivity index (χ1n) is 9.72. The minimum Gasteiger partial charge on any atom is -0.0654 e. The molecular formula is C20H42. The third kappa shape index (κ3) is 13.0. The number of hydrogen-bond donors (Lipinski definition) is 0. The summed E-state index contributed by atoms with van der Waals surface area (Å²) in [5.41, 5.74) is 0. The van der Waals surface area contributed by atoms with Crippen molar-refractivity contribution in [2.75, 3.05) is 0 Å². The van der Waals surface area contributed by atoms with E-state index in [1.807, 2.05) is 0 Å². The summed E-state index contributed by atoms with van der Waals surface area (Å²) in [6.07, 6.45) is 20.4. The van der Waals surface area contributed by atoms with E-state index in [-0.39, 0.29) is 0 Å². The van der Waals surface area contributed by atoms with Crippen LogP contribution in [0.2, 0.25) is 0 Å². The fourth-order valence-corrected chi connectivity index (χ4v) is 3.26. The van der Waals surface area contributed by atoms with Crippen molar-refractivity contribution < 1.29 is 0 Å². The maximum atomic E-state index is 2.38. The summed E-state index contributed by atoms with van der Waals surface area (Å²) in [4.78, 5) is 0. The molecule has 0 fully saturated rings. The van der Waals surface area contributed by atoms with E-state index in [2.05, 4.69) is 27.7 Å². The van der Waals surface area contributed by atoms with Gasteiger partial charge < -0.3 is 0 Å². The lowest BCUT2D eigenvalue weighted by Gasteiger charge is -2.18. The Labute approximate surface area is 130 Å². The van der Waals surface area contributed by atoms with Crippen molar-refractivity contribution in [1.82, 2.24) is 0 Å². The van der Waals surface area contributed by atoms with Crippen LogP contribution in [0.4, 0.5) is 0 Å². The van der Waals surface area contributed by atoms with Crippen LogP contribution in [0.3, 0.4) is 0 Å². The van der Waals surface area contributed by atoms with Gasteiger partial charge in [-0.1, -0.05) is 118 Å². The third-order valence-electron chi connectivity index (χ3n) is 4.90. The van der Waals surface area contributed by atoms with Gasteiger partial charge in [-0.05, 0) is 11.8 Å². The fourth-order valence-electron chi connectivity index (χ4n) is 3.26. The topological polar surface area (TPSA) is 0 Å². The SMILES string of the molecule is CCCCCCCCCCCCCCC(CC)C(C)C. The molecule has 1 atom stereocenters. The molecule has 0 aliphatic rings. The lowest BCUT2D eigenvalue weighted by molar-refractivity contribution is 0.335. The van der Waals surface area contributed by atoms with E-state index < -0.39 is 0 Å². The second-order valence-corrected chi connectivity index (χ2v) is 7.09. The van der Waals surface area contributed by atoms with E-state index in [1.54, 1.807) is 0 Å². The molecule has 0 heterocycles. The molecule has 20 heavy (non-hydrogen) atoms. The van der Waals surface area contributed by atoms with Crippen molar-refractivity contribution >= 4 is 0 Å². The summed E-state index contributed by atoms with van der Waals surface area (Å²) in [5, 5.41) is 0. The average molecular weight is 283 g/mol. The van der Waals surface area contributed by atoms with Crippen molar-refractivity contribution in [3.8, 4) is 0 Å². The van der Waals surface area contributed by atoms with E-state index in [9.17, 15) is 0 Å². The van der Waals surface area contributed by atoms with Crippen molar-refractivity contribution in [3.05, 3.63) is 0 Å². The van der Waals surface area contributed by atoms with Gasteiger partial charge in [0.05, 0.1) is 0 Å². The Morgan fingerprint density at radius 1 is 0.550 bits per heavy atom. The van der Waals surface area contributed by atoms with E-state index in [1.165, 1.54) is 89.9 Å². The van der Waals surface area contributed by atoms with Crippen LogP contribution >= 0.6 is 0 Å². The Hall–Kier alpha value is 0. The lowest BCUT2D eigenvalue weighted by atomic mass is 9.88. The van der Waals surface area contributed by atoms with Crippen molar-refractivity contribution in [3.63, 3.8) is 0 Å². The quantitative estimate of drug-likeness (QED) is 0.269. The zero-order valence-electron chi connectivity index (χ0n) is 15.1. The monoisotopic (exact) mass is 282 g/mol. The molecule has 122 valence electrons. The van der Waals surface area contributed by atoms with Gasteiger partial charge in [-0.15, -0.1) is 0 Å². The van der Waals surface area contributed by atoms with Gasteiger partial charge in [-0.2, -0.15) is 0 Å². The molecule has 0 nitrogen and oxygen atoms in total. The van der Waals surface area contributed by atoms with E-state index >= 15 is 0 Å². The maximum absolute atomic E-state index is 2.38. The van der Waals surface area contributed by atoms with Gasteiger partial charge in [-0.3, -0.25) is 0 Å². The molecule has 0 radical (unpaired) electrons. The summed E-state index contributed by atoms with van der Waals surface area (Å²) < 4.78 is 0. The van der Waals surface area contributed by atoms with Crippen LogP contribution in [-0.4, -0.2) is 0 Å². The first kappa shape index (κ1) is 20.0. The van der Waals surface area contributed by atoms with E-state index in [4.69, 9.17) is 0 Å². The molecule has 0 saturated carbocycles. The second kappa shape index (κ2) is 15.4. The molecule has 0 aromatic rings. The molecule has 1 unspecified atom stereocenters. The van der Waals surface area contributed by atoms with Crippen LogP contribution in [-0.2, 0) is 0 Å². The normalized spacial score (nSPS) is 13.1. The van der Waals surface area contributed by atoms with Gasteiger partial charge in [0.15, 0.2) is 0 Å². The zero-order valence-corrected chi connectivity index (χ0v) is 15.1. The molecule has 0 bridgehead atoms. The van der Waals surface area contributed by atoms with Crippen LogP contribution in [0.25, 0.3) is 0 Å². The summed E-state index contributed by atoms with van der Waals surface area (Å²) >= 11 is 0. The largest absolute Gasteiger partial charge is 0.0654 e. The number of rotatable bonds is 15. The minimum atomic E-state index is 0.882. The van der Waals surface area contributed by atoms with Gasteiger partial charge in [-0.25, -0.2) is 0 Å². The maximum Gasteiger partial charge on any atom is -0.0394 e. The zero-order chi connectivity index (χ0) is 15.1. The molecule has 0 amide bonds. The van der Waals surface area contributed by atoms with Gasteiger partial charge in [0.2, 0.25) is 0 Å². The smallest absolute Gasteiger partial charge is 0.0394 e. The van der Waals surface area contributed by atoms with Crippen LogP contribution in [0.15, 0.2) is 0 Å². The van der Waals surface area contributed by atoms with Gasteiger partial charge in [0, 0.05) is 0 Å². The number of hydrogen-bond acceptors (Lipinski definition) is 0. The molecule has 0 heteroatoms. The summed E-state index contributed by atoms with van der Waals surface area (Å²) in [5.74, 6) is 1.85. The molecule has 0 aliphatic carbocycles. The average Bonchev–Trinajstić information content (AvgIpc) is 2.43. The van der Waals surface area contributed by atoms with E-state index in [0.717, 1.165) is 11.8 Å². The Balaban J connectivity index is 3.13. The minimum absolute atomic E-state index is 0.882. The molecule has 0 rings (SSSR count). The summed E-state index contributed by atoms with van der Waals surface area (Å²) in [6, 6.07) is 0. The fraction of sp³-hybridized carbons (Fsp3) is 1.00. The van der Waals surface area contributed by atoms with Crippen LogP contribution in [0, 0.1) is 11.8 Å². The van der Waals surface area contributed by atoms with Crippen molar-refractivity contribution in [1.29, 1.82) is 0 Å². The van der Waals surface area contributed by atoms with Crippen LogP contribution < -0.4 is 0 Å². The molecule has 0 aromatic heterocycles. The first-order valence-corrected chi connectivity index (χ1v) is 9.72. The number of unbranched alkanes of at least 4 members (excludes halogenated alkanes) is 11. The Bertz CT molecular complexity index is 171. The predicted octanol–water partition coefficient (Wildman–Crippen LogP) is 7.76. The van der Waals surface area contributed by atoms with Crippen LogP contribution in [0.1, 0.15) is 118 Å². The Morgan fingerprint density at radius 3 is 1.30 bits per heavy atom. The first-order chi connectivity index (χ1) is 9.72. The van der Waals surface area contributed by atoms with Gasteiger partial charge in [0.25, 0.3) is 0 Å². The molecule has 0 N–H and O–H groups in total. The van der Waals surface area contributed by atoms with Crippen molar-refractivity contribution in [2.24, 2.45) is 11.8 Å². The standard InChI is InChI=1S/C20H42/c1-5-7-8-9-10-11-12-13-14-15-16-17-18-20(6-2)19(3)4/h19-20H,5-18H2,1-4H3. The lowest BCUT2D eigenvalue weighted by Crippen LogP contribution is -2.06. The summed E-state index contributed by atoms with van der Waals surface area (Å²) in [6.45, 7) is 9.42. The molecular weight excluding hydrogens is 240 g/mol. The highest BCUT2D eigenvalue weighted by Gasteiger charge is 2.09. The Kier molecular flexibility index (Phi) is 15.4. The highest BCUT2D eigenvalue weighted by Crippen LogP contribution is 2.22. The van der Waals surface area contributed by atoms with Gasteiger partial charge >= 0.3 is 0 Å². The molecule has 0 aliphatic heterocycles. The molecule has 0 aromatic carbocycles. The van der Waals surface area contributed by atoms with Crippen molar-refractivity contribution in [2.45, 2.75) is 118 Å². The Morgan fingerprint density at radius 2 is 0.950 bits per heavy atom. The molecule has 0 spiro atoms. The second-order valence-electron chi connectivity index (χ2n) is 7.09. The van der Waals surface area contributed by atoms with Crippen LogP contribution in [0.5, 0.6) is 0 Å². The summed E-state index contributed by atoms with van der Waals surface area (Å²) in [7, 11) is 0. The third-order valence-corrected chi connectivity index (χ3v) is 4.90. The predicted molar refractivity (Wildman–Crippen MR) is 94.3 cm³/mol. The molecule has 0 saturated heterocycles. The van der Waals surface area contributed by atoms with E-state index in [0.29, 0.717) is 0 Å². The van der Waals surface area contributed by atoms with Gasteiger partial charge in [0.1, 0.15) is 0 Å².